The molecule has 2 unspecified atom stereocenters. The molecule has 0 amide bonds. The van der Waals surface area contributed by atoms with E-state index in [1.807, 2.05) is 23.1 Å². The Kier molecular flexibility index (Phi) is 6.55. The Bertz CT molecular complexity index is 323. The maximum absolute atomic E-state index is 6.16. The second kappa shape index (κ2) is 7.41. The van der Waals surface area contributed by atoms with E-state index in [-0.39, 0.29) is 6.04 Å². The van der Waals surface area contributed by atoms with Crippen LogP contribution < -0.4 is 5.73 Å². The molecule has 0 saturated heterocycles. The quantitative estimate of drug-likeness (QED) is 0.773. The van der Waals surface area contributed by atoms with Crippen molar-refractivity contribution >= 4 is 23.1 Å². The maximum Gasteiger partial charge on any atom is 0.0590 e. The molecule has 0 aromatic carbocycles. The summed E-state index contributed by atoms with van der Waals surface area (Å²) in [6.07, 6.45) is 3.39. The number of rotatable bonds is 7. The fourth-order valence-corrected chi connectivity index (χ4v) is 3.75. The van der Waals surface area contributed by atoms with E-state index in [0.717, 1.165) is 6.54 Å². The molecule has 0 aliphatic carbocycles. The predicted molar refractivity (Wildman–Crippen MR) is 81.1 cm³/mol. The van der Waals surface area contributed by atoms with Gasteiger partial charge in [0.15, 0.2) is 0 Å². The predicted octanol–water partition coefficient (Wildman–Crippen LogP) is 3.13. The molecule has 2 N–H and O–H groups in total. The summed E-state index contributed by atoms with van der Waals surface area (Å²) in [5, 5.41) is 2.16. The van der Waals surface area contributed by atoms with Crippen LogP contribution in [0.4, 0.5) is 0 Å². The van der Waals surface area contributed by atoms with Crippen molar-refractivity contribution in [1.82, 2.24) is 4.90 Å². The zero-order valence-electron chi connectivity index (χ0n) is 11.3. The minimum absolute atomic E-state index is 0.173. The van der Waals surface area contributed by atoms with E-state index in [0.29, 0.717) is 6.04 Å². The Balaban J connectivity index is 2.69. The molecule has 98 valence electrons. The molecular weight excluding hydrogens is 248 g/mol. The molecule has 0 bridgehead atoms. The first-order valence-corrected chi connectivity index (χ1v) is 8.34. The van der Waals surface area contributed by atoms with Crippen LogP contribution >= 0.6 is 23.1 Å². The van der Waals surface area contributed by atoms with Crippen LogP contribution in [-0.2, 0) is 0 Å². The fraction of sp³-hybridized carbons (Fsp3) is 0.692. The number of thioether (sulfide) groups is 1. The van der Waals surface area contributed by atoms with E-state index < -0.39 is 0 Å². The van der Waals surface area contributed by atoms with Crippen molar-refractivity contribution in [2.45, 2.75) is 32.4 Å². The molecule has 17 heavy (non-hydrogen) atoms. The summed E-state index contributed by atoms with van der Waals surface area (Å²) in [6.45, 7) is 5.40. The van der Waals surface area contributed by atoms with Crippen LogP contribution in [0.5, 0.6) is 0 Å². The van der Waals surface area contributed by atoms with Gasteiger partial charge in [0.2, 0.25) is 0 Å². The number of thiophene rings is 1. The van der Waals surface area contributed by atoms with Gasteiger partial charge < -0.3 is 5.73 Å². The van der Waals surface area contributed by atoms with Crippen molar-refractivity contribution in [3.63, 3.8) is 0 Å². The van der Waals surface area contributed by atoms with Gasteiger partial charge in [-0.05, 0) is 62.9 Å². The first-order chi connectivity index (χ1) is 8.07. The molecular formula is C13H24N2S2. The molecule has 0 aliphatic heterocycles. The Morgan fingerprint density at radius 3 is 2.71 bits per heavy atom. The average Bonchev–Trinajstić information content (AvgIpc) is 2.65. The van der Waals surface area contributed by atoms with E-state index in [9.17, 15) is 0 Å². The summed E-state index contributed by atoms with van der Waals surface area (Å²) in [4.78, 5) is 3.83. The van der Waals surface area contributed by atoms with E-state index >= 15 is 0 Å². The molecule has 2 atom stereocenters. The normalized spacial score (nSPS) is 15.2. The van der Waals surface area contributed by atoms with Crippen LogP contribution in [0, 0.1) is 6.92 Å². The van der Waals surface area contributed by atoms with E-state index in [1.54, 1.807) is 0 Å². The summed E-state index contributed by atoms with van der Waals surface area (Å²) >= 11 is 3.74. The third kappa shape index (κ3) is 4.28. The molecule has 0 aliphatic rings. The zero-order valence-corrected chi connectivity index (χ0v) is 12.9. The smallest absolute Gasteiger partial charge is 0.0590 e. The molecule has 4 heteroatoms. The Hall–Kier alpha value is -0.0300. The molecule has 1 aromatic rings. The maximum atomic E-state index is 6.16. The number of aryl methyl sites for hydroxylation is 1. The van der Waals surface area contributed by atoms with Crippen LogP contribution in [0.1, 0.15) is 29.8 Å². The van der Waals surface area contributed by atoms with Crippen molar-refractivity contribution in [3.8, 4) is 0 Å². The highest BCUT2D eigenvalue weighted by Gasteiger charge is 2.23. The molecule has 0 saturated carbocycles. The van der Waals surface area contributed by atoms with Gasteiger partial charge >= 0.3 is 0 Å². The highest BCUT2D eigenvalue weighted by Crippen LogP contribution is 2.30. The Morgan fingerprint density at radius 1 is 1.53 bits per heavy atom. The van der Waals surface area contributed by atoms with Crippen molar-refractivity contribution in [1.29, 1.82) is 0 Å². The number of hydrogen-bond acceptors (Lipinski definition) is 4. The summed E-state index contributed by atoms with van der Waals surface area (Å²) in [5.74, 6) is 1.22. The lowest BCUT2D eigenvalue weighted by atomic mass is 10.0. The highest BCUT2D eigenvalue weighted by atomic mass is 32.2. The van der Waals surface area contributed by atoms with Crippen molar-refractivity contribution in [2.75, 3.05) is 25.6 Å². The highest BCUT2D eigenvalue weighted by molar-refractivity contribution is 7.98. The number of likely N-dealkylation sites (N-methyl/N-ethyl adjacent to an activating group) is 1. The third-order valence-electron chi connectivity index (χ3n) is 3.00. The van der Waals surface area contributed by atoms with Crippen molar-refractivity contribution < 1.29 is 0 Å². The van der Waals surface area contributed by atoms with Gasteiger partial charge in [0, 0.05) is 10.9 Å². The summed E-state index contributed by atoms with van der Waals surface area (Å²) in [6, 6.07) is 2.72. The second-order valence-corrected chi connectivity index (χ2v) is 6.53. The minimum atomic E-state index is 0.173. The minimum Gasteiger partial charge on any atom is -0.326 e. The van der Waals surface area contributed by atoms with Gasteiger partial charge in [0.25, 0.3) is 0 Å². The van der Waals surface area contributed by atoms with Gasteiger partial charge in [0.05, 0.1) is 6.04 Å². The van der Waals surface area contributed by atoms with Gasteiger partial charge in [-0.1, -0.05) is 0 Å². The largest absolute Gasteiger partial charge is 0.326 e. The van der Waals surface area contributed by atoms with Crippen LogP contribution in [0.3, 0.4) is 0 Å². The van der Waals surface area contributed by atoms with E-state index in [4.69, 9.17) is 5.73 Å². The SMILES string of the molecule is CSCCCN(C)C(c1sccc1C)C(C)N. The number of hydrogen-bond donors (Lipinski definition) is 1. The lowest BCUT2D eigenvalue weighted by Gasteiger charge is -2.31. The van der Waals surface area contributed by atoms with Crippen LogP contribution in [0.2, 0.25) is 0 Å². The standard InChI is InChI=1S/C13H24N2S2/c1-10-6-9-17-13(10)12(11(2)14)15(3)7-5-8-16-4/h6,9,11-12H,5,7-8,14H2,1-4H3. The summed E-state index contributed by atoms with van der Waals surface area (Å²) < 4.78 is 0. The molecule has 1 rings (SSSR count). The summed E-state index contributed by atoms with van der Waals surface area (Å²) in [5.41, 5.74) is 7.53. The van der Waals surface area contributed by atoms with Crippen LogP contribution in [-0.4, -0.2) is 36.5 Å². The molecule has 1 heterocycles. The van der Waals surface area contributed by atoms with Gasteiger partial charge in [-0.25, -0.2) is 0 Å². The average molecular weight is 272 g/mol. The van der Waals surface area contributed by atoms with Gasteiger partial charge in [0.1, 0.15) is 0 Å². The molecule has 0 spiro atoms. The fourth-order valence-electron chi connectivity index (χ4n) is 2.13. The van der Waals surface area contributed by atoms with Gasteiger partial charge in [-0.2, -0.15) is 11.8 Å². The lowest BCUT2D eigenvalue weighted by molar-refractivity contribution is 0.223. The Labute approximate surface area is 114 Å². The summed E-state index contributed by atoms with van der Waals surface area (Å²) in [7, 11) is 2.19. The van der Waals surface area contributed by atoms with Gasteiger partial charge in [-0.3, -0.25) is 4.90 Å². The zero-order chi connectivity index (χ0) is 12.8. The molecule has 2 nitrogen and oxygen atoms in total. The number of nitrogens with two attached hydrogens (primary N) is 1. The van der Waals surface area contributed by atoms with Crippen molar-refractivity contribution in [2.24, 2.45) is 5.73 Å². The Morgan fingerprint density at radius 2 is 2.24 bits per heavy atom. The topological polar surface area (TPSA) is 29.3 Å². The van der Waals surface area contributed by atoms with Crippen LogP contribution in [0.15, 0.2) is 11.4 Å². The van der Waals surface area contributed by atoms with Crippen LogP contribution in [0.25, 0.3) is 0 Å². The second-order valence-electron chi connectivity index (χ2n) is 4.60. The van der Waals surface area contributed by atoms with Gasteiger partial charge in [-0.15, -0.1) is 11.3 Å². The van der Waals surface area contributed by atoms with Crippen molar-refractivity contribution in [3.05, 3.63) is 21.9 Å². The molecule has 0 radical (unpaired) electrons. The van der Waals surface area contributed by atoms with E-state index in [1.165, 1.54) is 22.6 Å². The molecule has 0 fully saturated rings. The first-order valence-electron chi connectivity index (χ1n) is 6.06. The number of nitrogens with zero attached hydrogens (tertiary/aromatic N) is 1. The van der Waals surface area contributed by atoms with E-state index in [2.05, 4.69) is 43.5 Å². The first kappa shape index (κ1) is 15.0. The molecule has 1 aromatic heterocycles. The lowest BCUT2D eigenvalue weighted by Crippen LogP contribution is -2.37. The monoisotopic (exact) mass is 272 g/mol. The third-order valence-corrected chi connectivity index (χ3v) is 4.79.